The lowest BCUT2D eigenvalue weighted by atomic mass is 9.97. The maximum absolute atomic E-state index is 13.8. The second-order valence-corrected chi connectivity index (χ2v) is 3.96. The first-order valence-electron chi connectivity index (χ1n) is 5.38. The molecule has 2 rings (SSSR count). The fourth-order valence-electron chi connectivity index (χ4n) is 2.06. The van der Waals surface area contributed by atoms with Crippen LogP contribution in [0, 0.1) is 11.6 Å². The number of rotatable bonds is 2. The number of aliphatic imine (C=N–C) groups is 1. The Morgan fingerprint density at radius 2 is 2.00 bits per heavy atom. The number of hydrogen-bond acceptors (Lipinski definition) is 2. The van der Waals surface area contributed by atoms with E-state index < -0.39 is 11.6 Å². The van der Waals surface area contributed by atoms with E-state index in [1.807, 2.05) is 0 Å². The Kier molecular flexibility index (Phi) is 3.26. The Bertz CT molecular complexity index is 437. The van der Waals surface area contributed by atoms with Gasteiger partial charge in [0.05, 0.1) is 12.9 Å². The molecule has 0 bridgehead atoms. The summed E-state index contributed by atoms with van der Waals surface area (Å²) in [7, 11) is 3.04. The van der Waals surface area contributed by atoms with Crippen LogP contribution in [0.2, 0.25) is 0 Å². The van der Waals surface area contributed by atoms with Gasteiger partial charge in [0.2, 0.25) is 0 Å². The molecule has 1 saturated heterocycles. The Morgan fingerprint density at radius 3 is 2.47 bits per heavy atom. The molecular formula is C12H14F2N2O. The maximum atomic E-state index is 13.8. The first-order chi connectivity index (χ1) is 8.15. The van der Waals surface area contributed by atoms with Crippen molar-refractivity contribution in [2.45, 2.75) is 12.3 Å². The minimum atomic E-state index is -0.564. The molecule has 1 N–H and O–H groups in total. The van der Waals surface area contributed by atoms with Crippen molar-refractivity contribution in [2.75, 3.05) is 20.7 Å². The number of amidine groups is 1. The largest absolute Gasteiger partial charge is 0.497 e. The van der Waals surface area contributed by atoms with Gasteiger partial charge in [-0.2, -0.15) is 0 Å². The van der Waals surface area contributed by atoms with Gasteiger partial charge in [-0.15, -0.1) is 0 Å². The van der Waals surface area contributed by atoms with Crippen LogP contribution in [-0.4, -0.2) is 26.5 Å². The smallest absolute Gasteiger partial charge is 0.133 e. The van der Waals surface area contributed by atoms with Gasteiger partial charge in [0, 0.05) is 43.6 Å². The van der Waals surface area contributed by atoms with E-state index in [9.17, 15) is 8.78 Å². The standard InChI is InChI=1S/C12H14F2N2O/c1-15-11-3-7(6-16-11)12-9(13)4-8(17-2)5-10(12)14/h4-5,7H,3,6H2,1-2H3,(H,15,16)/t7-/m0/s1. The number of nitrogens with zero attached hydrogens (tertiary/aromatic N) is 1. The maximum Gasteiger partial charge on any atom is 0.133 e. The minimum absolute atomic E-state index is 0.108. The highest BCUT2D eigenvalue weighted by atomic mass is 19.1. The lowest BCUT2D eigenvalue weighted by molar-refractivity contribution is 0.404. The molecule has 1 aliphatic heterocycles. The van der Waals surface area contributed by atoms with E-state index in [0.717, 1.165) is 5.84 Å². The van der Waals surface area contributed by atoms with E-state index in [1.165, 1.54) is 19.2 Å². The normalized spacial score (nSPS) is 21.6. The van der Waals surface area contributed by atoms with Crippen LogP contribution < -0.4 is 10.1 Å². The zero-order chi connectivity index (χ0) is 12.4. The van der Waals surface area contributed by atoms with Crippen molar-refractivity contribution in [3.05, 3.63) is 29.3 Å². The SMILES string of the molecule is CN=C1C[C@H](c2c(F)cc(OC)cc2F)CN1. The first-order valence-corrected chi connectivity index (χ1v) is 5.38. The van der Waals surface area contributed by atoms with Crippen LogP contribution in [-0.2, 0) is 0 Å². The van der Waals surface area contributed by atoms with Crippen molar-refractivity contribution in [3.63, 3.8) is 0 Å². The average Bonchev–Trinajstić information content (AvgIpc) is 2.76. The molecular weight excluding hydrogens is 226 g/mol. The highest BCUT2D eigenvalue weighted by Gasteiger charge is 2.27. The van der Waals surface area contributed by atoms with Crippen LogP contribution in [0.1, 0.15) is 17.9 Å². The molecule has 1 atom stereocenters. The number of nitrogens with one attached hydrogen (secondary N) is 1. The highest BCUT2D eigenvalue weighted by Crippen LogP contribution is 2.30. The summed E-state index contributed by atoms with van der Waals surface area (Å²) in [4.78, 5) is 3.99. The summed E-state index contributed by atoms with van der Waals surface area (Å²) in [5.41, 5.74) is 0.108. The van der Waals surface area contributed by atoms with Crippen molar-refractivity contribution in [1.29, 1.82) is 0 Å². The van der Waals surface area contributed by atoms with Gasteiger partial charge < -0.3 is 10.1 Å². The molecule has 5 heteroatoms. The molecule has 17 heavy (non-hydrogen) atoms. The molecule has 0 saturated carbocycles. The molecule has 3 nitrogen and oxygen atoms in total. The van der Waals surface area contributed by atoms with E-state index in [-0.39, 0.29) is 17.2 Å². The Hall–Kier alpha value is -1.65. The third-order valence-electron chi connectivity index (χ3n) is 2.96. The van der Waals surface area contributed by atoms with E-state index in [1.54, 1.807) is 7.05 Å². The molecule has 0 spiro atoms. The molecule has 0 unspecified atom stereocenters. The predicted molar refractivity (Wildman–Crippen MR) is 61.6 cm³/mol. The van der Waals surface area contributed by atoms with Gasteiger partial charge in [-0.05, 0) is 0 Å². The van der Waals surface area contributed by atoms with E-state index in [0.29, 0.717) is 13.0 Å². The van der Waals surface area contributed by atoms with Gasteiger partial charge in [0.25, 0.3) is 0 Å². The van der Waals surface area contributed by atoms with Crippen LogP contribution >= 0.6 is 0 Å². The number of halogens is 2. The molecule has 0 aliphatic carbocycles. The fraction of sp³-hybridized carbons (Fsp3) is 0.417. The molecule has 1 heterocycles. The Labute approximate surface area is 98.5 Å². The van der Waals surface area contributed by atoms with Gasteiger partial charge in [-0.25, -0.2) is 8.78 Å². The van der Waals surface area contributed by atoms with Crippen LogP contribution in [0.3, 0.4) is 0 Å². The fourth-order valence-corrected chi connectivity index (χ4v) is 2.06. The summed E-state index contributed by atoms with van der Waals surface area (Å²) < 4.78 is 32.4. The topological polar surface area (TPSA) is 33.6 Å². The molecule has 1 aromatic carbocycles. The average molecular weight is 240 g/mol. The van der Waals surface area contributed by atoms with Gasteiger partial charge in [-0.3, -0.25) is 4.99 Å². The molecule has 1 aliphatic rings. The van der Waals surface area contributed by atoms with Crippen LogP contribution in [0.5, 0.6) is 5.75 Å². The third-order valence-corrected chi connectivity index (χ3v) is 2.96. The number of hydrogen-bond donors (Lipinski definition) is 1. The molecule has 92 valence electrons. The summed E-state index contributed by atoms with van der Waals surface area (Å²) in [6.07, 6.45) is 0.538. The molecule has 1 fully saturated rings. The van der Waals surface area contributed by atoms with Crippen molar-refractivity contribution in [3.8, 4) is 5.75 Å². The second kappa shape index (κ2) is 4.69. The lowest BCUT2D eigenvalue weighted by Crippen LogP contribution is -2.14. The van der Waals surface area contributed by atoms with Gasteiger partial charge in [-0.1, -0.05) is 0 Å². The van der Waals surface area contributed by atoms with Crippen molar-refractivity contribution >= 4 is 5.84 Å². The van der Waals surface area contributed by atoms with Crippen molar-refractivity contribution in [1.82, 2.24) is 5.32 Å². The summed E-state index contributed by atoms with van der Waals surface area (Å²) in [6.45, 7) is 0.507. The number of ether oxygens (including phenoxy) is 1. The van der Waals surface area contributed by atoms with Crippen LogP contribution in [0.25, 0.3) is 0 Å². The van der Waals surface area contributed by atoms with Gasteiger partial charge in [0.15, 0.2) is 0 Å². The second-order valence-electron chi connectivity index (χ2n) is 3.96. The van der Waals surface area contributed by atoms with E-state index >= 15 is 0 Å². The Balaban J connectivity index is 2.33. The number of benzene rings is 1. The summed E-state index contributed by atoms with van der Waals surface area (Å²) >= 11 is 0. The number of methoxy groups -OCH3 is 1. The first kappa shape index (κ1) is 11.8. The van der Waals surface area contributed by atoms with Crippen molar-refractivity contribution in [2.24, 2.45) is 4.99 Å². The summed E-state index contributed by atoms with van der Waals surface area (Å²) in [5, 5.41) is 3.02. The predicted octanol–water partition coefficient (Wildman–Crippen LogP) is 2.08. The molecule has 1 aromatic rings. The van der Waals surface area contributed by atoms with Crippen LogP contribution in [0.4, 0.5) is 8.78 Å². The third kappa shape index (κ3) is 2.23. The molecule has 0 aromatic heterocycles. The van der Waals surface area contributed by atoms with Gasteiger partial charge in [0.1, 0.15) is 17.4 Å². The minimum Gasteiger partial charge on any atom is -0.497 e. The summed E-state index contributed by atoms with van der Waals surface area (Å²) in [6, 6.07) is 2.42. The van der Waals surface area contributed by atoms with Gasteiger partial charge >= 0.3 is 0 Å². The highest BCUT2D eigenvalue weighted by molar-refractivity contribution is 5.85. The van der Waals surface area contributed by atoms with E-state index in [2.05, 4.69) is 10.3 Å². The zero-order valence-electron chi connectivity index (χ0n) is 9.76. The van der Waals surface area contributed by atoms with E-state index in [4.69, 9.17) is 4.74 Å². The molecule has 0 amide bonds. The Morgan fingerprint density at radius 1 is 1.35 bits per heavy atom. The zero-order valence-corrected chi connectivity index (χ0v) is 9.76. The van der Waals surface area contributed by atoms with Crippen molar-refractivity contribution < 1.29 is 13.5 Å². The quantitative estimate of drug-likeness (QED) is 0.858. The molecule has 0 radical (unpaired) electrons. The lowest BCUT2D eigenvalue weighted by Gasteiger charge is -2.12. The summed E-state index contributed by atoms with van der Waals surface area (Å²) in [5.74, 6) is -0.361. The van der Waals surface area contributed by atoms with Crippen LogP contribution in [0.15, 0.2) is 17.1 Å². The monoisotopic (exact) mass is 240 g/mol.